The number of benzene rings is 1. The van der Waals surface area contributed by atoms with Gasteiger partial charge in [0.15, 0.2) is 5.58 Å². The normalized spacial score (nSPS) is 12.4. The second-order valence-electron chi connectivity index (χ2n) is 6.09. The van der Waals surface area contributed by atoms with Crippen molar-refractivity contribution in [2.45, 2.75) is 20.4 Å². The van der Waals surface area contributed by atoms with Gasteiger partial charge in [-0.2, -0.15) is 0 Å². The Labute approximate surface area is 119 Å². The molecule has 0 atom stereocenters. The topological polar surface area (TPSA) is 64.4 Å². The SMILES string of the molecule is CN(CCn1c(=O)oc2ccccc21)CC(C)(C)CN. The molecule has 0 radical (unpaired) electrons. The molecule has 110 valence electrons. The Morgan fingerprint density at radius 1 is 1.35 bits per heavy atom. The van der Waals surface area contributed by atoms with Gasteiger partial charge >= 0.3 is 5.76 Å². The number of aromatic nitrogens is 1. The zero-order valence-corrected chi connectivity index (χ0v) is 12.4. The van der Waals surface area contributed by atoms with Crippen molar-refractivity contribution >= 4 is 11.1 Å². The predicted octanol–water partition coefficient (Wildman–Crippen LogP) is 1.51. The van der Waals surface area contributed by atoms with E-state index < -0.39 is 0 Å². The summed E-state index contributed by atoms with van der Waals surface area (Å²) in [6, 6.07) is 7.50. The van der Waals surface area contributed by atoms with Gasteiger partial charge in [0.1, 0.15) is 0 Å². The molecule has 1 aromatic heterocycles. The van der Waals surface area contributed by atoms with E-state index in [0.29, 0.717) is 18.7 Å². The van der Waals surface area contributed by atoms with Gasteiger partial charge in [-0.3, -0.25) is 4.57 Å². The molecule has 0 amide bonds. The molecule has 0 aliphatic carbocycles. The van der Waals surface area contributed by atoms with Gasteiger partial charge in [-0.15, -0.1) is 0 Å². The summed E-state index contributed by atoms with van der Waals surface area (Å²) in [6.45, 7) is 7.23. The van der Waals surface area contributed by atoms with E-state index in [2.05, 4.69) is 18.7 Å². The van der Waals surface area contributed by atoms with Gasteiger partial charge in [0, 0.05) is 19.6 Å². The molecular formula is C15H23N3O2. The number of hydrogen-bond acceptors (Lipinski definition) is 4. The Bertz CT molecular complexity index is 627. The lowest BCUT2D eigenvalue weighted by Crippen LogP contribution is -2.38. The molecule has 1 aromatic carbocycles. The molecule has 0 unspecified atom stereocenters. The number of hydrogen-bond donors (Lipinski definition) is 1. The summed E-state index contributed by atoms with van der Waals surface area (Å²) in [5.41, 5.74) is 7.32. The van der Waals surface area contributed by atoms with Crippen LogP contribution in [-0.4, -0.2) is 36.1 Å². The molecule has 5 nitrogen and oxygen atoms in total. The molecule has 5 heteroatoms. The average molecular weight is 277 g/mol. The fourth-order valence-electron chi connectivity index (χ4n) is 2.37. The van der Waals surface area contributed by atoms with E-state index in [4.69, 9.17) is 10.2 Å². The van der Waals surface area contributed by atoms with Crippen LogP contribution >= 0.6 is 0 Å². The van der Waals surface area contributed by atoms with Crippen LogP contribution < -0.4 is 11.5 Å². The van der Waals surface area contributed by atoms with Gasteiger partial charge in [0.05, 0.1) is 5.52 Å². The zero-order valence-electron chi connectivity index (χ0n) is 12.4. The van der Waals surface area contributed by atoms with Crippen molar-refractivity contribution in [2.24, 2.45) is 11.1 Å². The highest BCUT2D eigenvalue weighted by atomic mass is 16.4. The Hall–Kier alpha value is -1.59. The van der Waals surface area contributed by atoms with Gasteiger partial charge in [0.25, 0.3) is 0 Å². The monoisotopic (exact) mass is 277 g/mol. The Morgan fingerprint density at radius 2 is 2.05 bits per heavy atom. The number of para-hydroxylation sites is 2. The maximum absolute atomic E-state index is 11.9. The lowest BCUT2D eigenvalue weighted by Gasteiger charge is -2.28. The molecule has 0 bridgehead atoms. The van der Waals surface area contributed by atoms with Gasteiger partial charge in [-0.25, -0.2) is 4.79 Å². The van der Waals surface area contributed by atoms with Crippen LogP contribution in [0.3, 0.4) is 0 Å². The van der Waals surface area contributed by atoms with Gasteiger partial charge in [-0.05, 0) is 31.1 Å². The summed E-state index contributed by atoms with van der Waals surface area (Å²) >= 11 is 0. The van der Waals surface area contributed by atoms with E-state index in [1.807, 2.05) is 31.3 Å². The van der Waals surface area contributed by atoms with Crippen LogP contribution in [-0.2, 0) is 6.54 Å². The highest BCUT2D eigenvalue weighted by Crippen LogP contribution is 2.15. The molecule has 0 spiro atoms. The van der Waals surface area contributed by atoms with Gasteiger partial charge < -0.3 is 15.1 Å². The molecular weight excluding hydrogens is 254 g/mol. The molecule has 2 aromatic rings. The number of rotatable bonds is 6. The fraction of sp³-hybridized carbons (Fsp3) is 0.533. The first kappa shape index (κ1) is 14.8. The summed E-state index contributed by atoms with van der Waals surface area (Å²) in [6.07, 6.45) is 0. The van der Waals surface area contributed by atoms with E-state index in [1.54, 1.807) is 4.57 Å². The number of fused-ring (bicyclic) bond motifs is 1. The Balaban J connectivity index is 2.06. The van der Waals surface area contributed by atoms with Crippen molar-refractivity contribution in [2.75, 3.05) is 26.7 Å². The van der Waals surface area contributed by atoms with Crippen LogP contribution in [0.25, 0.3) is 11.1 Å². The minimum absolute atomic E-state index is 0.0815. The second kappa shape index (κ2) is 5.81. The number of oxazole rings is 1. The molecule has 0 fully saturated rings. The predicted molar refractivity (Wildman–Crippen MR) is 80.8 cm³/mol. The van der Waals surface area contributed by atoms with Crippen molar-refractivity contribution in [3.05, 3.63) is 34.8 Å². The first-order chi connectivity index (χ1) is 9.43. The second-order valence-corrected chi connectivity index (χ2v) is 6.09. The average Bonchev–Trinajstić information content (AvgIpc) is 2.71. The van der Waals surface area contributed by atoms with E-state index in [-0.39, 0.29) is 11.2 Å². The van der Waals surface area contributed by atoms with E-state index in [0.717, 1.165) is 18.6 Å². The minimum atomic E-state index is -0.294. The summed E-state index contributed by atoms with van der Waals surface area (Å²) in [4.78, 5) is 14.0. The largest absolute Gasteiger partial charge is 0.419 e. The standard InChI is InChI=1S/C15H23N3O2/c1-15(2,10-16)11-17(3)8-9-18-12-6-4-5-7-13(12)20-14(18)19/h4-7H,8-11,16H2,1-3H3. The molecule has 2 N–H and O–H groups in total. The van der Waals surface area contributed by atoms with Gasteiger partial charge in [0.2, 0.25) is 0 Å². The quantitative estimate of drug-likeness (QED) is 0.869. The highest BCUT2D eigenvalue weighted by molar-refractivity contribution is 5.72. The maximum Gasteiger partial charge on any atom is 0.419 e. The lowest BCUT2D eigenvalue weighted by atomic mass is 9.93. The Kier molecular flexibility index (Phi) is 4.30. The third kappa shape index (κ3) is 3.29. The first-order valence-electron chi connectivity index (χ1n) is 6.90. The van der Waals surface area contributed by atoms with E-state index in [9.17, 15) is 4.79 Å². The van der Waals surface area contributed by atoms with E-state index >= 15 is 0 Å². The van der Waals surface area contributed by atoms with Crippen LogP contribution in [0.5, 0.6) is 0 Å². The molecule has 0 aliphatic heterocycles. The van der Waals surface area contributed by atoms with Crippen LogP contribution in [0.15, 0.2) is 33.5 Å². The van der Waals surface area contributed by atoms with Crippen molar-refractivity contribution in [3.63, 3.8) is 0 Å². The first-order valence-corrected chi connectivity index (χ1v) is 6.90. The minimum Gasteiger partial charge on any atom is -0.408 e. The summed E-state index contributed by atoms with van der Waals surface area (Å²) in [5, 5.41) is 0. The highest BCUT2D eigenvalue weighted by Gasteiger charge is 2.18. The maximum atomic E-state index is 11.9. The molecule has 0 saturated carbocycles. The summed E-state index contributed by atoms with van der Waals surface area (Å²) in [7, 11) is 2.05. The van der Waals surface area contributed by atoms with Crippen molar-refractivity contribution in [1.29, 1.82) is 0 Å². The van der Waals surface area contributed by atoms with Gasteiger partial charge in [-0.1, -0.05) is 26.0 Å². The van der Waals surface area contributed by atoms with Crippen LogP contribution in [0.4, 0.5) is 0 Å². The van der Waals surface area contributed by atoms with Crippen molar-refractivity contribution < 1.29 is 4.42 Å². The summed E-state index contributed by atoms with van der Waals surface area (Å²) < 4.78 is 6.90. The molecule has 20 heavy (non-hydrogen) atoms. The number of likely N-dealkylation sites (N-methyl/N-ethyl adjacent to an activating group) is 1. The molecule has 1 heterocycles. The molecule has 2 rings (SSSR count). The van der Waals surface area contributed by atoms with Crippen LogP contribution in [0.2, 0.25) is 0 Å². The number of nitrogens with zero attached hydrogens (tertiary/aromatic N) is 2. The fourth-order valence-corrected chi connectivity index (χ4v) is 2.37. The van der Waals surface area contributed by atoms with E-state index in [1.165, 1.54) is 0 Å². The van der Waals surface area contributed by atoms with Crippen LogP contribution in [0, 0.1) is 5.41 Å². The van der Waals surface area contributed by atoms with Crippen molar-refractivity contribution in [1.82, 2.24) is 9.47 Å². The third-order valence-electron chi connectivity index (χ3n) is 3.53. The van der Waals surface area contributed by atoms with Crippen LogP contribution in [0.1, 0.15) is 13.8 Å². The smallest absolute Gasteiger partial charge is 0.408 e. The Morgan fingerprint density at radius 3 is 2.75 bits per heavy atom. The van der Waals surface area contributed by atoms with Crippen molar-refractivity contribution in [3.8, 4) is 0 Å². The molecule has 0 saturated heterocycles. The zero-order chi connectivity index (χ0) is 14.8. The number of nitrogens with two attached hydrogens (primary N) is 1. The third-order valence-corrected chi connectivity index (χ3v) is 3.53. The lowest BCUT2D eigenvalue weighted by molar-refractivity contribution is 0.209. The molecule has 0 aliphatic rings. The summed E-state index contributed by atoms with van der Waals surface area (Å²) in [5.74, 6) is -0.294.